The van der Waals surface area contributed by atoms with E-state index in [0.29, 0.717) is 6.54 Å². The molecule has 1 N–H and O–H groups in total. The van der Waals surface area contributed by atoms with Crippen molar-refractivity contribution in [1.82, 2.24) is 4.90 Å². The highest BCUT2D eigenvalue weighted by Crippen LogP contribution is 2.14. The summed E-state index contributed by atoms with van der Waals surface area (Å²) in [5.41, 5.74) is 3.50. The highest BCUT2D eigenvalue weighted by Gasteiger charge is 2.14. The molecule has 1 saturated heterocycles. The van der Waals surface area contributed by atoms with Crippen molar-refractivity contribution in [3.05, 3.63) is 29.3 Å². The van der Waals surface area contributed by atoms with Crippen molar-refractivity contribution in [3.8, 4) is 0 Å². The zero-order chi connectivity index (χ0) is 14.4. The molecule has 110 valence electrons. The van der Waals surface area contributed by atoms with Crippen molar-refractivity contribution in [2.24, 2.45) is 0 Å². The quantitative estimate of drug-likeness (QED) is 0.915. The molecule has 0 spiro atoms. The second kappa shape index (κ2) is 7.32. The average molecular weight is 274 g/mol. The van der Waals surface area contributed by atoms with E-state index in [1.807, 2.05) is 4.90 Å². The number of nitrogens with zero attached hydrogens (tertiary/aromatic N) is 1. The Kier molecular flexibility index (Phi) is 5.45. The fourth-order valence-electron chi connectivity index (χ4n) is 2.86. The van der Waals surface area contributed by atoms with Crippen LogP contribution in [-0.4, -0.2) is 30.4 Å². The van der Waals surface area contributed by atoms with Gasteiger partial charge in [-0.05, 0) is 49.9 Å². The standard InChI is InChI=1S/C17H26N2O/c1-14-10-15(2)12-16(11-14)18-13-17(20)19-8-6-4-3-5-7-9-19/h10-12,18H,3-9,13H2,1-2H3. The van der Waals surface area contributed by atoms with Crippen molar-refractivity contribution in [1.29, 1.82) is 0 Å². The molecule has 1 fully saturated rings. The third-order valence-corrected chi connectivity index (χ3v) is 3.87. The maximum absolute atomic E-state index is 12.3. The van der Waals surface area contributed by atoms with Gasteiger partial charge in [0.05, 0.1) is 6.54 Å². The van der Waals surface area contributed by atoms with Gasteiger partial charge in [0.15, 0.2) is 0 Å². The van der Waals surface area contributed by atoms with Gasteiger partial charge in [-0.25, -0.2) is 0 Å². The number of carbonyl (C=O) groups excluding carboxylic acids is 1. The maximum atomic E-state index is 12.3. The number of nitrogens with one attached hydrogen (secondary N) is 1. The summed E-state index contributed by atoms with van der Waals surface area (Å²) < 4.78 is 0. The van der Waals surface area contributed by atoms with E-state index >= 15 is 0 Å². The number of benzene rings is 1. The molecular formula is C17H26N2O. The average Bonchev–Trinajstić information content (AvgIpc) is 2.34. The van der Waals surface area contributed by atoms with Gasteiger partial charge in [-0.3, -0.25) is 4.79 Å². The molecule has 1 aromatic rings. The minimum Gasteiger partial charge on any atom is -0.376 e. The zero-order valence-corrected chi connectivity index (χ0v) is 12.7. The Balaban J connectivity index is 1.87. The Morgan fingerprint density at radius 1 is 1.00 bits per heavy atom. The highest BCUT2D eigenvalue weighted by molar-refractivity contribution is 5.81. The molecule has 0 atom stereocenters. The molecule has 0 bridgehead atoms. The van der Waals surface area contributed by atoms with Crippen molar-refractivity contribution >= 4 is 11.6 Å². The molecule has 1 aromatic carbocycles. The van der Waals surface area contributed by atoms with Gasteiger partial charge in [0.25, 0.3) is 0 Å². The van der Waals surface area contributed by atoms with Gasteiger partial charge in [0.1, 0.15) is 0 Å². The molecule has 0 unspecified atom stereocenters. The van der Waals surface area contributed by atoms with Crippen LogP contribution in [0.1, 0.15) is 43.2 Å². The molecule has 1 heterocycles. The Morgan fingerprint density at radius 2 is 1.55 bits per heavy atom. The fraction of sp³-hybridized carbons (Fsp3) is 0.588. The molecule has 0 radical (unpaired) electrons. The van der Waals surface area contributed by atoms with Gasteiger partial charge in [-0.15, -0.1) is 0 Å². The van der Waals surface area contributed by atoms with Gasteiger partial charge in [-0.2, -0.15) is 0 Å². The first-order valence-electron chi connectivity index (χ1n) is 7.75. The number of carbonyl (C=O) groups is 1. The first-order chi connectivity index (χ1) is 9.65. The van der Waals surface area contributed by atoms with E-state index in [1.165, 1.54) is 30.4 Å². The number of likely N-dealkylation sites (tertiary alicyclic amines) is 1. The van der Waals surface area contributed by atoms with Crippen LogP contribution in [0.25, 0.3) is 0 Å². The van der Waals surface area contributed by atoms with Gasteiger partial charge in [-0.1, -0.05) is 25.3 Å². The lowest BCUT2D eigenvalue weighted by molar-refractivity contribution is -0.129. The van der Waals surface area contributed by atoms with E-state index in [4.69, 9.17) is 0 Å². The summed E-state index contributed by atoms with van der Waals surface area (Å²) in [4.78, 5) is 14.3. The molecule has 1 aliphatic rings. The van der Waals surface area contributed by atoms with Gasteiger partial charge >= 0.3 is 0 Å². The van der Waals surface area contributed by atoms with Crippen LogP contribution in [0.4, 0.5) is 5.69 Å². The normalized spacial score (nSPS) is 16.4. The summed E-state index contributed by atoms with van der Waals surface area (Å²) in [6.45, 7) is 6.42. The van der Waals surface area contributed by atoms with Crippen molar-refractivity contribution < 1.29 is 4.79 Å². The monoisotopic (exact) mass is 274 g/mol. The van der Waals surface area contributed by atoms with E-state index in [2.05, 4.69) is 37.4 Å². The van der Waals surface area contributed by atoms with Crippen LogP contribution >= 0.6 is 0 Å². The minimum atomic E-state index is 0.228. The summed E-state index contributed by atoms with van der Waals surface area (Å²) in [6.07, 6.45) is 6.13. The van der Waals surface area contributed by atoms with Crippen molar-refractivity contribution in [3.63, 3.8) is 0 Å². The largest absolute Gasteiger partial charge is 0.376 e. The van der Waals surface area contributed by atoms with Crippen molar-refractivity contribution in [2.45, 2.75) is 46.0 Å². The Hall–Kier alpha value is -1.51. The molecule has 2 rings (SSSR count). The lowest BCUT2D eigenvalue weighted by atomic mass is 10.1. The number of hydrogen-bond donors (Lipinski definition) is 1. The minimum absolute atomic E-state index is 0.228. The summed E-state index contributed by atoms with van der Waals surface area (Å²) in [7, 11) is 0. The molecule has 3 nitrogen and oxygen atoms in total. The molecule has 20 heavy (non-hydrogen) atoms. The fourth-order valence-corrected chi connectivity index (χ4v) is 2.86. The molecule has 0 aliphatic carbocycles. The third kappa shape index (κ3) is 4.55. The number of anilines is 1. The number of aryl methyl sites for hydroxylation is 2. The SMILES string of the molecule is Cc1cc(C)cc(NCC(=O)N2CCCCCCC2)c1. The Labute approximate surface area is 122 Å². The van der Waals surface area contributed by atoms with Gasteiger partial charge < -0.3 is 10.2 Å². The molecule has 0 aromatic heterocycles. The van der Waals surface area contributed by atoms with E-state index in [9.17, 15) is 4.79 Å². The predicted molar refractivity (Wildman–Crippen MR) is 84.1 cm³/mol. The zero-order valence-electron chi connectivity index (χ0n) is 12.7. The van der Waals surface area contributed by atoms with Crippen LogP contribution in [-0.2, 0) is 4.79 Å². The highest BCUT2D eigenvalue weighted by atomic mass is 16.2. The van der Waals surface area contributed by atoms with Gasteiger partial charge in [0.2, 0.25) is 5.91 Å². The van der Waals surface area contributed by atoms with E-state index < -0.39 is 0 Å². The third-order valence-electron chi connectivity index (χ3n) is 3.87. The van der Waals surface area contributed by atoms with E-state index in [-0.39, 0.29) is 5.91 Å². The Morgan fingerprint density at radius 3 is 2.15 bits per heavy atom. The van der Waals surface area contributed by atoms with Crippen LogP contribution in [0, 0.1) is 13.8 Å². The van der Waals surface area contributed by atoms with E-state index in [0.717, 1.165) is 31.6 Å². The second-order valence-electron chi connectivity index (χ2n) is 5.88. The predicted octanol–water partition coefficient (Wildman–Crippen LogP) is 3.51. The molecule has 0 saturated carbocycles. The topological polar surface area (TPSA) is 32.3 Å². The van der Waals surface area contributed by atoms with E-state index in [1.54, 1.807) is 0 Å². The summed E-state index contributed by atoms with van der Waals surface area (Å²) in [5.74, 6) is 0.228. The van der Waals surface area contributed by atoms with Crippen LogP contribution < -0.4 is 5.32 Å². The molecular weight excluding hydrogens is 248 g/mol. The van der Waals surface area contributed by atoms with Crippen LogP contribution in [0.5, 0.6) is 0 Å². The van der Waals surface area contributed by atoms with Gasteiger partial charge in [0, 0.05) is 18.8 Å². The summed E-state index contributed by atoms with van der Waals surface area (Å²) >= 11 is 0. The molecule has 1 amide bonds. The lowest BCUT2D eigenvalue weighted by Gasteiger charge is -2.25. The number of rotatable bonds is 3. The molecule has 3 heteroatoms. The summed E-state index contributed by atoms with van der Waals surface area (Å²) in [6, 6.07) is 6.33. The van der Waals surface area contributed by atoms with Crippen LogP contribution in [0.15, 0.2) is 18.2 Å². The number of amides is 1. The second-order valence-corrected chi connectivity index (χ2v) is 5.88. The molecule has 1 aliphatic heterocycles. The summed E-state index contributed by atoms with van der Waals surface area (Å²) in [5, 5.41) is 3.27. The first-order valence-corrected chi connectivity index (χ1v) is 7.75. The van der Waals surface area contributed by atoms with Crippen molar-refractivity contribution in [2.75, 3.05) is 25.0 Å². The number of hydrogen-bond acceptors (Lipinski definition) is 2. The van der Waals surface area contributed by atoms with Crippen LogP contribution in [0.3, 0.4) is 0 Å². The maximum Gasteiger partial charge on any atom is 0.241 e. The van der Waals surface area contributed by atoms with Crippen LogP contribution in [0.2, 0.25) is 0 Å². The Bertz CT molecular complexity index is 428. The lowest BCUT2D eigenvalue weighted by Crippen LogP contribution is -2.37. The smallest absolute Gasteiger partial charge is 0.241 e. The first kappa shape index (κ1) is 14.9.